The van der Waals surface area contributed by atoms with Crippen molar-refractivity contribution in [2.24, 2.45) is 11.1 Å². The molecule has 0 aromatic rings. The lowest BCUT2D eigenvalue weighted by Crippen LogP contribution is -2.53. The van der Waals surface area contributed by atoms with Crippen molar-refractivity contribution in [2.75, 3.05) is 13.1 Å². The number of nitrogens with two attached hydrogens (primary N) is 1. The van der Waals surface area contributed by atoms with Crippen molar-refractivity contribution < 1.29 is 9.59 Å². The molecule has 6 nitrogen and oxygen atoms in total. The summed E-state index contributed by atoms with van der Waals surface area (Å²) in [5, 5.41) is 14.9. The third kappa shape index (κ3) is 4.72. The molecule has 0 aromatic heterocycles. The van der Waals surface area contributed by atoms with Gasteiger partial charge in [0.1, 0.15) is 5.41 Å². The zero-order valence-corrected chi connectivity index (χ0v) is 14.2. The normalized spacial score (nSPS) is 16.6. The number of amides is 2. The topological polar surface area (TPSA) is 108 Å². The molecule has 0 aliphatic heterocycles. The van der Waals surface area contributed by atoms with Gasteiger partial charge >= 0.3 is 0 Å². The standard InChI is InChI=1S/C17H28N4O2/c1-3-5-9-20-15(22)17(16(23)21-10-6-4-2)8-7-14(19)13(11-17)12-18/h3-11,19H2,1-2H3,(H,20,22)(H,21,23). The van der Waals surface area contributed by atoms with Gasteiger partial charge in [0.15, 0.2) is 0 Å². The summed E-state index contributed by atoms with van der Waals surface area (Å²) in [5.41, 5.74) is 5.48. The molecule has 0 spiro atoms. The van der Waals surface area contributed by atoms with Crippen molar-refractivity contribution in [1.29, 1.82) is 5.26 Å². The number of hydrogen-bond acceptors (Lipinski definition) is 4. The molecule has 0 saturated carbocycles. The van der Waals surface area contributed by atoms with E-state index in [9.17, 15) is 14.9 Å². The molecule has 0 saturated heterocycles. The van der Waals surface area contributed by atoms with Crippen LogP contribution < -0.4 is 16.4 Å². The molecule has 0 unspecified atom stereocenters. The second-order valence-electron chi connectivity index (χ2n) is 6.09. The Morgan fingerprint density at radius 2 is 1.70 bits per heavy atom. The molecule has 0 radical (unpaired) electrons. The fourth-order valence-corrected chi connectivity index (χ4v) is 2.70. The molecular formula is C17H28N4O2. The Morgan fingerprint density at radius 3 is 2.13 bits per heavy atom. The van der Waals surface area contributed by atoms with Crippen molar-refractivity contribution in [3.8, 4) is 6.07 Å². The quantitative estimate of drug-likeness (QED) is 0.467. The van der Waals surface area contributed by atoms with E-state index in [0.717, 1.165) is 25.7 Å². The molecule has 0 fully saturated rings. The lowest BCUT2D eigenvalue weighted by molar-refractivity contribution is -0.144. The van der Waals surface area contributed by atoms with E-state index in [1.807, 2.05) is 19.9 Å². The van der Waals surface area contributed by atoms with E-state index < -0.39 is 5.41 Å². The number of rotatable bonds is 8. The van der Waals surface area contributed by atoms with Gasteiger partial charge in [-0.2, -0.15) is 5.26 Å². The number of allylic oxidation sites excluding steroid dienone is 2. The Labute approximate surface area is 138 Å². The zero-order valence-electron chi connectivity index (χ0n) is 14.2. The van der Waals surface area contributed by atoms with E-state index in [4.69, 9.17) is 5.73 Å². The Kier molecular flexibility index (Phi) is 7.60. The van der Waals surface area contributed by atoms with Crippen LogP contribution in [0.3, 0.4) is 0 Å². The van der Waals surface area contributed by atoms with Crippen LogP contribution in [0.25, 0.3) is 0 Å². The molecule has 4 N–H and O–H groups in total. The number of nitriles is 1. The molecule has 23 heavy (non-hydrogen) atoms. The van der Waals surface area contributed by atoms with E-state index in [-0.39, 0.29) is 18.2 Å². The summed E-state index contributed by atoms with van der Waals surface area (Å²) in [7, 11) is 0. The molecule has 1 rings (SSSR count). The molecule has 0 heterocycles. The first kappa shape index (κ1) is 19.0. The summed E-state index contributed by atoms with van der Waals surface area (Å²) in [5.74, 6) is -0.583. The van der Waals surface area contributed by atoms with E-state index in [0.29, 0.717) is 37.2 Å². The van der Waals surface area contributed by atoms with Gasteiger partial charge in [-0.05, 0) is 25.7 Å². The maximum absolute atomic E-state index is 12.7. The number of unbranched alkanes of at least 4 members (excludes halogenated alkanes) is 2. The number of hydrogen-bond donors (Lipinski definition) is 3. The van der Waals surface area contributed by atoms with Gasteiger partial charge in [0, 0.05) is 30.8 Å². The Hall–Kier alpha value is -2.03. The Bertz CT molecular complexity index is 483. The van der Waals surface area contributed by atoms with E-state index in [1.54, 1.807) is 0 Å². The van der Waals surface area contributed by atoms with E-state index in [1.165, 1.54) is 0 Å². The minimum Gasteiger partial charge on any atom is -0.401 e. The SMILES string of the molecule is CCCCNC(=O)C1(C(=O)NCCCC)CCC(N)=C(C#N)C1. The molecule has 0 bridgehead atoms. The van der Waals surface area contributed by atoms with Crippen LogP contribution in [0, 0.1) is 16.7 Å². The van der Waals surface area contributed by atoms with Crippen LogP contribution in [0.2, 0.25) is 0 Å². The van der Waals surface area contributed by atoms with Gasteiger partial charge in [-0.3, -0.25) is 9.59 Å². The van der Waals surface area contributed by atoms with Gasteiger partial charge < -0.3 is 16.4 Å². The molecule has 1 aliphatic carbocycles. The highest BCUT2D eigenvalue weighted by molar-refractivity contribution is 6.05. The van der Waals surface area contributed by atoms with Gasteiger partial charge in [0.2, 0.25) is 11.8 Å². The van der Waals surface area contributed by atoms with E-state index >= 15 is 0 Å². The summed E-state index contributed by atoms with van der Waals surface area (Å²) >= 11 is 0. The van der Waals surface area contributed by atoms with Crippen LogP contribution in [0.15, 0.2) is 11.3 Å². The lowest BCUT2D eigenvalue weighted by Gasteiger charge is -2.34. The number of nitrogens with one attached hydrogen (secondary N) is 2. The summed E-state index contributed by atoms with van der Waals surface area (Å²) < 4.78 is 0. The second-order valence-corrected chi connectivity index (χ2v) is 6.09. The molecule has 6 heteroatoms. The highest BCUT2D eigenvalue weighted by Gasteiger charge is 2.48. The first-order valence-corrected chi connectivity index (χ1v) is 8.46. The van der Waals surface area contributed by atoms with Gasteiger partial charge in [0.05, 0.1) is 6.07 Å². The van der Waals surface area contributed by atoms with Crippen molar-refractivity contribution in [1.82, 2.24) is 10.6 Å². The average molecular weight is 320 g/mol. The Morgan fingerprint density at radius 1 is 1.17 bits per heavy atom. The molecule has 0 aromatic carbocycles. The predicted molar refractivity (Wildman–Crippen MR) is 88.9 cm³/mol. The highest BCUT2D eigenvalue weighted by atomic mass is 16.2. The predicted octanol–water partition coefficient (Wildman–Crippen LogP) is 1.73. The molecule has 0 atom stereocenters. The first-order chi connectivity index (χ1) is 11.0. The minimum atomic E-state index is -1.21. The van der Waals surface area contributed by atoms with Crippen LogP contribution in [-0.4, -0.2) is 24.9 Å². The van der Waals surface area contributed by atoms with E-state index in [2.05, 4.69) is 10.6 Å². The largest absolute Gasteiger partial charge is 0.401 e. The summed E-state index contributed by atoms with van der Waals surface area (Å²) in [6.45, 7) is 5.16. The van der Waals surface area contributed by atoms with Crippen LogP contribution in [0.4, 0.5) is 0 Å². The first-order valence-electron chi connectivity index (χ1n) is 8.46. The molecular weight excluding hydrogens is 292 g/mol. The molecule has 128 valence electrons. The van der Waals surface area contributed by atoms with Crippen molar-refractivity contribution >= 4 is 11.8 Å². The van der Waals surface area contributed by atoms with Gasteiger partial charge in [-0.25, -0.2) is 0 Å². The van der Waals surface area contributed by atoms with Crippen LogP contribution >= 0.6 is 0 Å². The fraction of sp³-hybridized carbons (Fsp3) is 0.706. The summed E-state index contributed by atoms with van der Waals surface area (Å²) in [4.78, 5) is 25.4. The van der Waals surface area contributed by atoms with Gasteiger partial charge in [0.25, 0.3) is 0 Å². The van der Waals surface area contributed by atoms with Crippen molar-refractivity contribution in [2.45, 2.75) is 58.8 Å². The lowest BCUT2D eigenvalue weighted by atomic mass is 9.71. The average Bonchev–Trinajstić information content (AvgIpc) is 2.55. The Balaban J connectivity index is 2.95. The third-order valence-corrected chi connectivity index (χ3v) is 4.32. The zero-order chi connectivity index (χ0) is 17.3. The smallest absolute Gasteiger partial charge is 0.236 e. The minimum absolute atomic E-state index is 0.0885. The second kappa shape index (κ2) is 9.19. The number of nitrogens with zero attached hydrogens (tertiary/aromatic N) is 1. The maximum Gasteiger partial charge on any atom is 0.236 e. The highest BCUT2D eigenvalue weighted by Crippen LogP contribution is 2.38. The van der Waals surface area contributed by atoms with Crippen LogP contribution in [0.5, 0.6) is 0 Å². The van der Waals surface area contributed by atoms with Crippen molar-refractivity contribution in [3.63, 3.8) is 0 Å². The third-order valence-electron chi connectivity index (χ3n) is 4.32. The van der Waals surface area contributed by atoms with Crippen molar-refractivity contribution in [3.05, 3.63) is 11.3 Å². The monoisotopic (exact) mass is 320 g/mol. The fourth-order valence-electron chi connectivity index (χ4n) is 2.70. The molecule has 1 aliphatic rings. The number of carbonyl (C=O) groups is 2. The van der Waals surface area contributed by atoms with Crippen LogP contribution in [0.1, 0.15) is 58.8 Å². The maximum atomic E-state index is 12.7. The number of carbonyl (C=O) groups excluding carboxylic acids is 2. The molecule has 2 amide bonds. The van der Waals surface area contributed by atoms with Crippen LogP contribution in [-0.2, 0) is 9.59 Å². The van der Waals surface area contributed by atoms with Gasteiger partial charge in [-0.1, -0.05) is 26.7 Å². The summed E-state index contributed by atoms with van der Waals surface area (Å²) in [6, 6.07) is 2.05. The summed E-state index contributed by atoms with van der Waals surface area (Å²) in [6.07, 6.45) is 4.49. The van der Waals surface area contributed by atoms with Gasteiger partial charge in [-0.15, -0.1) is 0 Å².